The highest BCUT2D eigenvalue weighted by Crippen LogP contribution is 2.29. The van der Waals surface area contributed by atoms with E-state index in [1.807, 2.05) is 13.1 Å². The van der Waals surface area contributed by atoms with E-state index in [9.17, 15) is 9.59 Å². The van der Waals surface area contributed by atoms with Crippen LogP contribution in [0, 0.1) is 5.92 Å². The van der Waals surface area contributed by atoms with Crippen molar-refractivity contribution in [1.82, 2.24) is 14.9 Å². The molecule has 4 heterocycles. The average molecular weight is 428 g/mol. The molecule has 0 radical (unpaired) electrons. The van der Waals surface area contributed by atoms with Crippen LogP contribution in [0.4, 0.5) is 10.5 Å². The Labute approximate surface area is 181 Å². The number of anilines is 1. The maximum absolute atomic E-state index is 12.4. The zero-order chi connectivity index (χ0) is 21.8. The van der Waals surface area contributed by atoms with Crippen molar-refractivity contribution in [2.45, 2.75) is 31.7 Å². The molecule has 31 heavy (non-hydrogen) atoms. The molecule has 0 bridgehead atoms. The quantitative estimate of drug-likeness (QED) is 0.779. The summed E-state index contributed by atoms with van der Waals surface area (Å²) in [6, 6.07) is 3.63. The Morgan fingerprint density at radius 2 is 1.94 bits per heavy atom. The molecule has 9 nitrogen and oxygen atoms in total. The van der Waals surface area contributed by atoms with Crippen LogP contribution in [0.3, 0.4) is 0 Å². The number of piperidine rings is 1. The van der Waals surface area contributed by atoms with Crippen LogP contribution in [0.1, 0.15) is 36.2 Å². The fourth-order valence-corrected chi connectivity index (χ4v) is 4.25. The predicted molar refractivity (Wildman–Crippen MR) is 116 cm³/mol. The van der Waals surface area contributed by atoms with Crippen molar-refractivity contribution in [3.63, 3.8) is 0 Å². The second-order valence-electron chi connectivity index (χ2n) is 8.25. The van der Waals surface area contributed by atoms with Gasteiger partial charge in [0, 0.05) is 51.0 Å². The summed E-state index contributed by atoms with van der Waals surface area (Å²) in [5, 5.41) is 0.870. The number of aromatic nitrogens is 2. The number of rotatable bonds is 5. The molecule has 0 unspecified atom stereocenters. The summed E-state index contributed by atoms with van der Waals surface area (Å²) in [4.78, 5) is 36.6. The molecule has 0 atom stereocenters. The van der Waals surface area contributed by atoms with Crippen molar-refractivity contribution in [3.05, 3.63) is 30.2 Å². The van der Waals surface area contributed by atoms with Gasteiger partial charge in [-0.25, -0.2) is 9.78 Å². The van der Waals surface area contributed by atoms with Gasteiger partial charge in [-0.1, -0.05) is 0 Å². The van der Waals surface area contributed by atoms with E-state index in [1.54, 1.807) is 23.4 Å². The van der Waals surface area contributed by atoms with Crippen LogP contribution in [-0.2, 0) is 9.47 Å². The third-order valence-electron chi connectivity index (χ3n) is 6.26. The molecule has 2 aromatic heterocycles. The van der Waals surface area contributed by atoms with E-state index in [0.717, 1.165) is 55.4 Å². The molecule has 2 aromatic rings. The molecule has 9 heteroatoms. The molecule has 0 aromatic carbocycles. The van der Waals surface area contributed by atoms with E-state index in [2.05, 4.69) is 14.9 Å². The topological polar surface area (TPSA) is 111 Å². The number of primary amides is 1. The fraction of sp³-hybridized carbons (Fsp3) is 0.545. The van der Waals surface area contributed by atoms with Gasteiger partial charge in [-0.3, -0.25) is 9.78 Å². The van der Waals surface area contributed by atoms with Gasteiger partial charge in [-0.05, 0) is 43.7 Å². The van der Waals surface area contributed by atoms with Crippen LogP contribution in [-0.4, -0.2) is 72.9 Å². The van der Waals surface area contributed by atoms with Crippen LogP contribution in [0.5, 0.6) is 0 Å². The van der Waals surface area contributed by atoms with Gasteiger partial charge in [-0.2, -0.15) is 0 Å². The number of pyridine rings is 2. The fourth-order valence-electron chi connectivity index (χ4n) is 4.25. The van der Waals surface area contributed by atoms with Gasteiger partial charge in [0.05, 0.1) is 24.0 Å². The first-order valence-electron chi connectivity index (χ1n) is 10.8. The maximum atomic E-state index is 12.4. The highest BCUT2D eigenvalue weighted by atomic mass is 16.6. The number of hydrogen-bond donors (Lipinski definition) is 1. The normalized spacial score (nSPS) is 18.2. The SMILES string of the molecule is CN(C(=O)OCC1CCN(c2cncc3ccc(C(N)=O)nc23)CC1)C1CCOCC1. The highest BCUT2D eigenvalue weighted by molar-refractivity contribution is 5.96. The zero-order valence-electron chi connectivity index (χ0n) is 17.8. The lowest BCUT2D eigenvalue weighted by atomic mass is 9.97. The lowest BCUT2D eigenvalue weighted by molar-refractivity contribution is 0.0300. The van der Waals surface area contributed by atoms with E-state index in [4.69, 9.17) is 15.2 Å². The third-order valence-corrected chi connectivity index (χ3v) is 6.26. The van der Waals surface area contributed by atoms with Crippen LogP contribution >= 0.6 is 0 Å². The number of fused-ring (bicyclic) bond motifs is 1. The maximum Gasteiger partial charge on any atom is 0.409 e. The van der Waals surface area contributed by atoms with Gasteiger partial charge >= 0.3 is 6.09 Å². The molecular weight excluding hydrogens is 398 g/mol. The summed E-state index contributed by atoms with van der Waals surface area (Å²) >= 11 is 0. The predicted octanol–water partition coefficient (Wildman–Crippen LogP) is 2.19. The first kappa shape index (κ1) is 21.3. The van der Waals surface area contributed by atoms with Crippen molar-refractivity contribution >= 4 is 28.6 Å². The number of nitrogens with zero attached hydrogens (tertiary/aromatic N) is 4. The summed E-state index contributed by atoms with van der Waals surface area (Å²) in [5.41, 5.74) is 7.27. The Morgan fingerprint density at radius 1 is 1.19 bits per heavy atom. The van der Waals surface area contributed by atoms with E-state index < -0.39 is 5.91 Å². The van der Waals surface area contributed by atoms with Crippen molar-refractivity contribution in [2.24, 2.45) is 11.7 Å². The largest absolute Gasteiger partial charge is 0.449 e. The minimum atomic E-state index is -0.545. The van der Waals surface area contributed by atoms with Crippen LogP contribution < -0.4 is 10.6 Å². The van der Waals surface area contributed by atoms with Gasteiger partial charge in [0.25, 0.3) is 5.91 Å². The molecule has 0 spiro atoms. The van der Waals surface area contributed by atoms with E-state index in [-0.39, 0.29) is 17.8 Å². The lowest BCUT2D eigenvalue weighted by Crippen LogP contribution is -2.42. The second-order valence-corrected chi connectivity index (χ2v) is 8.25. The first-order chi connectivity index (χ1) is 15.0. The third kappa shape index (κ3) is 4.87. The number of hydrogen-bond acceptors (Lipinski definition) is 7. The molecule has 2 N–H and O–H groups in total. The summed E-state index contributed by atoms with van der Waals surface area (Å²) < 4.78 is 11.0. The average Bonchev–Trinajstić information content (AvgIpc) is 2.82. The Morgan fingerprint density at radius 3 is 2.65 bits per heavy atom. The van der Waals surface area contributed by atoms with E-state index >= 15 is 0 Å². The van der Waals surface area contributed by atoms with Gasteiger partial charge < -0.3 is 25.0 Å². The van der Waals surface area contributed by atoms with Crippen molar-refractivity contribution < 1.29 is 19.1 Å². The van der Waals surface area contributed by atoms with E-state index in [1.165, 1.54) is 0 Å². The van der Waals surface area contributed by atoms with Gasteiger partial charge in [0.15, 0.2) is 0 Å². The monoisotopic (exact) mass is 427 g/mol. The standard InChI is InChI=1S/C22H29N5O4/c1-26(17-6-10-30-11-7-17)22(29)31-14-15-4-8-27(9-5-15)19-13-24-12-16-2-3-18(21(23)28)25-20(16)19/h2-3,12-13,15,17H,4-11,14H2,1H3,(H2,23,28). The molecule has 2 aliphatic rings. The summed E-state index contributed by atoms with van der Waals surface area (Å²) in [5.74, 6) is -0.226. The smallest absolute Gasteiger partial charge is 0.409 e. The molecule has 2 amide bonds. The molecule has 2 aliphatic heterocycles. The van der Waals surface area contributed by atoms with E-state index in [0.29, 0.717) is 25.7 Å². The molecule has 166 valence electrons. The molecule has 4 rings (SSSR count). The number of ether oxygens (including phenoxy) is 2. The molecule has 2 saturated heterocycles. The minimum Gasteiger partial charge on any atom is -0.449 e. The van der Waals surface area contributed by atoms with Gasteiger partial charge in [0.1, 0.15) is 5.69 Å². The Bertz CT molecular complexity index is 939. The summed E-state index contributed by atoms with van der Waals surface area (Å²) in [6.45, 7) is 3.43. The number of carbonyl (C=O) groups is 2. The van der Waals surface area contributed by atoms with Gasteiger partial charge in [0.2, 0.25) is 0 Å². The lowest BCUT2D eigenvalue weighted by Gasteiger charge is -2.34. The van der Waals surface area contributed by atoms with Gasteiger partial charge in [-0.15, -0.1) is 0 Å². The van der Waals surface area contributed by atoms with Crippen molar-refractivity contribution in [3.8, 4) is 0 Å². The first-order valence-corrected chi connectivity index (χ1v) is 10.8. The zero-order valence-corrected chi connectivity index (χ0v) is 17.8. The molecular formula is C22H29N5O4. The Hall–Kier alpha value is -2.94. The number of nitrogens with two attached hydrogens (primary N) is 1. The number of carbonyl (C=O) groups excluding carboxylic acids is 2. The highest BCUT2D eigenvalue weighted by Gasteiger charge is 2.26. The van der Waals surface area contributed by atoms with Crippen LogP contribution in [0.2, 0.25) is 0 Å². The second kappa shape index (κ2) is 9.47. The van der Waals surface area contributed by atoms with Crippen molar-refractivity contribution in [1.29, 1.82) is 0 Å². The molecule has 2 fully saturated rings. The molecule has 0 saturated carbocycles. The summed E-state index contributed by atoms with van der Waals surface area (Å²) in [7, 11) is 1.81. The Kier molecular flexibility index (Phi) is 6.50. The van der Waals surface area contributed by atoms with Crippen LogP contribution in [0.15, 0.2) is 24.5 Å². The Balaban J connectivity index is 1.33. The molecule has 0 aliphatic carbocycles. The minimum absolute atomic E-state index is 0.194. The van der Waals surface area contributed by atoms with Crippen LogP contribution in [0.25, 0.3) is 10.9 Å². The number of amides is 2. The summed E-state index contributed by atoms with van der Waals surface area (Å²) in [6.07, 6.45) is 6.78. The van der Waals surface area contributed by atoms with Crippen molar-refractivity contribution in [2.75, 3.05) is 44.9 Å².